The van der Waals surface area contributed by atoms with Crippen molar-refractivity contribution >= 4 is 29.4 Å². The quantitative estimate of drug-likeness (QED) is 0.429. The molecule has 0 saturated heterocycles. The standard InChI is InChI=1S/C22H20N2O6/c1-4-11-24-20(26)15-10-9-14(12-16(15)21(24)27)22(28)30-13(2)19(25)23-17-7-5-6-8-18(17)29-3/h4-10,12-13H,1,11H2,2-3H3,(H,23,25). The molecule has 0 saturated carbocycles. The average Bonchev–Trinajstić information content (AvgIpc) is 2.98. The van der Waals surface area contributed by atoms with Crippen molar-refractivity contribution < 1.29 is 28.7 Å². The summed E-state index contributed by atoms with van der Waals surface area (Å²) in [6.07, 6.45) is 0.337. The third-order valence-corrected chi connectivity index (χ3v) is 4.54. The SMILES string of the molecule is C=CCN1C(=O)c2ccc(C(=O)OC(C)C(=O)Nc3ccccc3OC)cc2C1=O. The van der Waals surface area contributed by atoms with Crippen molar-refractivity contribution in [1.82, 2.24) is 4.90 Å². The lowest BCUT2D eigenvalue weighted by Gasteiger charge is -2.15. The van der Waals surface area contributed by atoms with Gasteiger partial charge in [-0.05, 0) is 37.3 Å². The molecule has 1 N–H and O–H groups in total. The number of esters is 1. The fraction of sp³-hybridized carbons (Fsp3) is 0.182. The van der Waals surface area contributed by atoms with Gasteiger partial charge in [0.25, 0.3) is 17.7 Å². The van der Waals surface area contributed by atoms with Crippen LogP contribution in [0.1, 0.15) is 38.0 Å². The maximum atomic E-state index is 12.5. The highest BCUT2D eigenvalue weighted by Crippen LogP contribution is 2.25. The Bertz CT molecular complexity index is 1050. The number of amides is 3. The number of nitrogens with one attached hydrogen (secondary N) is 1. The first-order valence-corrected chi connectivity index (χ1v) is 9.13. The van der Waals surface area contributed by atoms with E-state index in [1.807, 2.05) is 0 Å². The molecule has 1 heterocycles. The van der Waals surface area contributed by atoms with Crippen LogP contribution in [-0.4, -0.2) is 48.3 Å². The number of ether oxygens (including phenoxy) is 2. The molecule has 154 valence electrons. The maximum Gasteiger partial charge on any atom is 0.338 e. The van der Waals surface area contributed by atoms with Gasteiger partial charge in [-0.15, -0.1) is 6.58 Å². The van der Waals surface area contributed by atoms with Crippen LogP contribution in [0.4, 0.5) is 5.69 Å². The summed E-state index contributed by atoms with van der Waals surface area (Å²) < 4.78 is 10.4. The van der Waals surface area contributed by atoms with Crippen LogP contribution in [0.3, 0.4) is 0 Å². The van der Waals surface area contributed by atoms with Gasteiger partial charge in [0.05, 0.1) is 29.5 Å². The van der Waals surface area contributed by atoms with E-state index in [1.165, 1.54) is 38.3 Å². The summed E-state index contributed by atoms with van der Waals surface area (Å²) >= 11 is 0. The number of rotatable bonds is 7. The van der Waals surface area contributed by atoms with Crippen LogP contribution in [0.25, 0.3) is 0 Å². The number of benzene rings is 2. The second-order valence-corrected chi connectivity index (χ2v) is 6.51. The van der Waals surface area contributed by atoms with Gasteiger partial charge in [-0.25, -0.2) is 4.79 Å². The van der Waals surface area contributed by atoms with Gasteiger partial charge in [-0.1, -0.05) is 18.2 Å². The largest absolute Gasteiger partial charge is 0.495 e. The third-order valence-electron chi connectivity index (χ3n) is 4.54. The van der Waals surface area contributed by atoms with Crippen molar-refractivity contribution in [3.63, 3.8) is 0 Å². The molecule has 2 aromatic rings. The van der Waals surface area contributed by atoms with Gasteiger partial charge in [0.2, 0.25) is 0 Å². The summed E-state index contributed by atoms with van der Waals surface area (Å²) in [7, 11) is 1.48. The Hall–Kier alpha value is -3.94. The Morgan fingerprint density at radius 2 is 1.83 bits per heavy atom. The molecule has 2 aromatic carbocycles. The van der Waals surface area contributed by atoms with E-state index in [9.17, 15) is 19.2 Å². The minimum absolute atomic E-state index is 0.0623. The van der Waals surface area contributed by atoms with Crippen molar-refractivity contribution in [2.24, 2.45) is 0 Å². The molecule has 3 rings (SSSR count). The Balaban J connectivity index is 1.71. The molecule has 8 heteroatoms. The zero-order valence-electron chi connectivity index (χ0n) is 16.5. The Morgan fingerprint density at radius 1 is 1.13 bits per heavy atom. The average molecular weight is 408 g/mol. The van der Waals surface area contributed by atoms with Gasteiger partial charge in [0, 0.05) is 6.54 Å². The van der Waals surface area contributed by atoms with Crippen molar-refractivity contribution in [2.75, 3.05) is 19.0 Å². The van der Waals surface area contributed by atoms with E-state index in [4.69, 9.17) is 9.47 Å². The van der Waals surface area contributed by atoms with Gasteiger partial charge in [-0.2, -0.15) is 0 Å². The van der Waals surface area contributed by atoms with Crippen LogP contribution in [0.15, 0.2) is 55.1 Å². The Morgan fingerprint density at radius 3 is 2.53 bits per heavy atom. The molecule has 1 atom stereocenters. The zero-order chi connectivity index (χ0) is 21.8. The van der Waals surface area contributed by atoms with E-state index < -0.39 is 29.8 Å². The van der Waals surface area contributed by atoms with Crippen molar-refractivity contribution in [2.45, 2.75) is 13.0 Å². The fourth-order valence-corrected chi connectivity index (χ4v) is 2.98. The summed E-state index contributed by atoms with van der Waals surface area (Å²) in [5.74, 6) is -1.82. The lowest BCUT2D eigenvalue weighted by molar-refractivity contribution is -0.123. The van der Waals surface area contributed by atoms with Gasteiger partial charge >= 0.3 is 5.97 Å². The molecule has 0 fully saturated rings. The highest BCUT2D eigenvalue weighted by Gasteiger charge is 2.35. The summed E-state index contributed by atoms with van der Waals surface area (Å²) in [6.45, 7) is 5.03. The van der Waals surface area contributed by atoms with Crippen LogP contribution < -0.4 is 10.1 Å². The van der Waals surface area contributed by atoms with Crippen molar-refractivity contribution in [3.8, 4) is 5.75 Å². The minimum atomic E-state index is -1.11. The van der Waals surface area contributed by atoms with Crippen LogP contribution in [0, 0.1) is 0 Å². The molecule has 8 nitrogen and oxygen atoms in total. The van der Waals surface area contributed by atoms with Crippen molar-refractivity contribution in [1.29, 1.82) is 0 Å². The molecular formula is C22H20N2O6. The molecule has 0 aliphatic carbocycles. The smallest absolute Gasteiger partial charge is 0.338 e. The first kappa shape index (κ1) is 20.8. The Kier molecular flexibility index (Phi) is 5.96. The minimum Gasteiger partial charge on any atom is -0.495 e. The lowest BCUT2D eigenvalue weighted by Crippen LogP contribution is -2.30. The summed E-state index contributed by atoms with van der Waals surface area (Å²) in [5, 5.41) is 2.64. The second-order valence-electron chi connectivity index (χ2n) is 6.51. The number of methoxy groups -OCH3 is 1. The molecule has 30 heavy (non-hydrogen) atoms. The molecule has 1 aliphatic heterocycles. The molecule has 3 amide bonds. The van der Waals surface area contributed by atoms with Crippen LogP contribution >= 0.6 is 0 Å². The first-order valence-electron chi connectivity index (χ1n) is 9.13. The number of carbonyl (C=O) groups excluding carboxylic acids is 4. The molecule has 0 spiro atoms. The summed E-state index contributed by atoms with van der Waals surface area (Å²) in [4.78, 5) is 50.5. The number of carbonyl (C=O) groups is 4. The third kappa shape index (κ3) is 3.93. The monoisotopic (exact) mass is 408 g/mol. The van der Waals surface area contributed by atoms with Crippen LogP contribution in [-0.2, 0) is 9.53 Å². The second kappa shape index (κ2) is 8.60. The molecule has 0 radical (unpaired) electrons. The van der Waals surface area contributed by atoms with Gasteiger partial charge in [0.1, 0.15) is 5.75 Å². The number of imide groups is 1. The number of nitrogens with zero attached hydrogens (tertiary/aromatic N) is 1. The maximum absolute atomic E-state index is 12.5. The van der Waals surface area contributed by atoms with E-state index in [0.29, 0.717) is 11.4 Å². The highest BCUT2D eigenvalue weighted by molar-refractivity contribution is 6.22. The van der Waals surface area contributed by atoms with E-state index in [-0.39, 0.29) is 23.2 Å². The molecular weight excluding hydrogens is 388 g/mol. The van der Waals surface area contributed by atoms with Crippen LogP contribution in [0.5, 0.6) is 5.75 Å². The number of para-hydroxylation sites is 2. The van der Waals surface area contributed by atoms with Crippen molar-refractivity contribution in [3.05, 3.63) is 71.8 Å². The predicted octanol–water partition coefficient (Wildman–Crippen LogP) is 2.66. The molecule has 1 unspecified atom stereocenters. The molecule has 0 bridgehead atoms. The summed E-state index contributed by atoms with van der Waals surface area (Å²) in [5.41, 5.74) is 0.826. The number of hydrogen-bond acceptors (Lipinski definition) is 6. The van der Waals surface area contributed by atoms with E-state index >= 15 is 0 Å². The van der Waals surface area contributed by atoms with Gasteiger partial charge in [-0.3, -0.25) is 19.3 Å². The number of anilines is 1. The highest BCUT2D eigenvalue weighted by atomic mass is 16.5. The fourth-order valence-electron chi connectivity index (χ4n) is 2.98. The van der Waals surface area contributed by atoms with Crippen LogP contribution in [0.2, 0.25) is 0 Å². The predicted molar refractivity (Wildman–Crippen MR) is 109 cm³/mol. The van der Waals surface area contributed by atoms with Gasteiger partial charge in [0.15, 0.2) is 6.10 Å². The molecule has 0 aromatic heterocycles. The number of fused-ring (bicyclic) bond motifs is 1. The summed E-state index contributed by atoms with van der Waals surface area (Å²) in [6, 6.07) is 10.9. The number of hydrogen-bond donors (Lipinski definition) is 1. The topological polar surface area (TPSA) is 102 Å². The normalized spacial score (nSPS) is 13.5. The zero-order valence-corrected chi connectivity index (χ0v) is 16.5. The van der Waals surface area contributed by atoms with Gasteiger partial charge < -0.3 is 14.8 Å². The van der Waals surface area contributed by atoms with E-state index in [0.717, 1.165) is 4.90 Å². The molecule has 1 aliphatic rings. The lowest BCUT2D eigenvalue weighted by atomic mass is 10.1. The Labute approximate surface area is 173 Å². The first-order chi connectivity index (χ1) is 14.4. The van der Waals surface area contributed by atoms with E-state index in [2.05, 4.69) is 11.9 Å². The van der Waals surface area contributed by atoms with E-state index in [1.54, 1.807) is 24.3 Å².